The number of nitrogens with zero attached hydrogens (tertiary/aromatic N) is 1. The van der Waals surface area contributed by atoms with Crippen molar-refractivity contribution < 1.29 is 19.2 Å². The minimum absolute atomic E-state index is 0.103. The molecule has 30 heavy (non-hydrogen) atoms. The Morgan fingerprint density at radius 1 is 1.17 bits per heavy atom. The van der Waals surface area contributed by atoms with Gasteiger partial charge in [0, 0.05) is 6.54 Å². The smallest absolute Gasteiger partial charge is 0.246 e. The molecule has 4 atom stereocenters. The molecular formula is C20H36N4O4S2. The number of nitrogens with two attached hydrogens (primary N) is 1. The highest BCUT2D eigenvalue weighted by atomic mass is 32.2. The highest BCUT2D eigenvalue weighted by Crippen LogP contribution is 2.21. The van der Waals surface area contributed by atoms with E-state index in [-0.39, 0.29) is 28.8 Å². The van der Waals surface area contributed by atoms with E-state index in [1.165, 1.54) is 4.90 Å². The molecule has 0 radical (unpaired) electrons. The first-order valence-electron chi connectivity index (χ1n) is 10.5. The topological polar surface area (TPSA) is 122 Å². The third-order valence-electron chi connectivity index (χ3n) is 5.04. The molecule has 1 fully saturated rings. The summed E-state index contributed by atoms with van der Waals surface area (Å²) < 4.78 is 0. The van der Waals surface area contributed by atoms with Crippen molar-refractivity contribution in [1.82, 2.24) is 15.5 Å². The molecule has 1 aliphatic heterocycles. The predicted octanol–water partition coefficient (Wildman–Crippen LogP) is 0.983. The van der Waals surface area contributed by atoms with E-state index < -0.39 is 24.2 Å². The minimum atomic E-state index is -0.749. The molecule has 1 unspecified atom stereocenters. The molecule has 0 saturated carbocycles. The van der Waals surface area contributed by atoms with Crippen molar-refractivity contribution in [2.24, 2.45) is 11.7 Å². The van der Waals surface area contributed by atoms with Crippen LogP contribution in [0.5, 0.6) is 0 Å². The van der Waals surface area contributed by atoms with Crippen LogP contribution >= 0.6 is 23.5 Å². The summed E-state index contributed by atoms with van der Waals surface area (Å²) in [6, 6.07) is -2.68. The molecule has 0 aliphatic carbocycles. The second kappa shape index (κ2) is 13.2. The first-order valence-corrected chi connectivity index (χ1v) is 12.8. The van der Waals surface area contributed by atoms with Gasteiger partial charge in [-0.25, -0.2) is 0 Å². The Kier molecular flexibility index (Phi) is 11.8. The maximum absolute atomic E-state index is 13.2. The van der Waals surface area contributed by atoms with Gasteiger partial charge in [-0.05, 0) is 49.9 Å². The molecule has 0 aromatic heterocycles. The molecule has 8 nitrogen and oxygen atoms in total. The van der Waals surface area contributed by atoms with Gasteiger partial charge in [0.15, 0.2) is 0 Å². The summed E-state index contributed by atoms with van der Waals surface area (Å²) in [5.41, 5.74) is 5.94. The predicted molar refractivity (Wildman–Crippen MR) is 123 cm³/mol. The van der Waals surface area contributed by atoms with Crippen LogP contribution in [-0.4, -0.2) is 76.2 Å². The van der Waals surface area contributed by atoms with Crippen LogP contribution in [0.1, 0.15) is 47.0 Å². The molecule has 1 rings (SSSR count). The van der Waals surface area contributed by atoms with Gasteiger partial charge in [0.05, 0.1) is 12.1 Å². The fourth-order valence-corrected chi connectivity index (χ4v) is 4.35. The summed E-state index contributed by atoms with van der Waals surface area (Å²) >= 11 is 2.77. The van der Waals surface area contributed by atoms with Gasteiger partial charge in [0.1, 0.15) is 12.1 Å². The van der Waals surface area contributed by atoms with Crippen molar-refractivity contribution in [3.8, 4) is 0 Å². The zero-order chi connectivity index (χ0) is 22.8. The Hall–Kier alpha value is -1.26. The number of hydrogen-bond acceptors (Lipinski definition) is 7. The zero-order valence-electron chi connectivity index (χ0n) is 18.6. The van der Waals surface area contributed by atoms with Gasteiger partial charge >= 0.3 is 0 Å². The molecule has 3 amide bonds. The van der Waals surface area contributed by atoms with Gasteiger partial charge in [-0.2, -0.15) is 11.8 Å². The first-order chi connectivity index (χ1) is 14.1. The number of rotatable bonds is 11. The Morgan fingerprint density at radius 3 is 2.40 bits per heavy atom. The van der Waals surface area contributed by atoms with Crippen LogP contribution in [0, 0.1) is 5.92 Å². The van der Waals surface area contributed by atoms with Crippen LogP contribution in [0.3, 0.4) is 0 Å². The Morgan fingerprint density at radius 2 is 1.83 bits per heavy atom. The molecule has 4 N–H and O–H groups in total. The van der Waals surface area contributed by atoms with Crippen LogP contribution in [0.15, 0.2) is 0 Å². The quantitative estimate of drug-likeness (QED) is 0.420. The van der Waals surface area contributed by atoms with Crippen LogP contribution in [0.25, 0.3) is 0 Å². The maximum atomic E-state index is 13.2. The summed E-state index contributed by atoms with van der Waals surface area (Å²) in [7, 11) is 0. The molecule has 1 aliphatic rings. The van der Waals surface area contributed by atoms with Crippen molar-refractivity contribution in [2.75, 3.05) is 24.3 Å². The van der Waals surface area contributed by atoms with Gasteiger partial charge in [0.25, 0.3) is 0 Å². The normalized spacial score (nSPS) is 19.3. The summed E-state index contributed by atoms with van der Waals surface area (Å²) in [6.45, 7) is 7.67. The van der Waals surface area contributed by atoms with E-state index in [1.807, 2.05) is 27.0 Å². The minimum Gasteiger partial charge on any atom is -0.344 e. The fraction of sp³-hybridized carbons (Fsp3) is 0.800. The average molecular weight is 461 g/mol. The molecule has 1 saturated heterocycles. The van der Waals surface area contributed by atoms with E-state index in [9.17, 15) is 19.2 Å². The average Bonchev–Trinajstić information content (AvgIpc) is 3.19. The summed E-state index contributed by atoms with van der Waals surface area (Å²) in [6.07, 6.45) is 3.70. The summed E-state index contributed by atoms with van der Waals surface area (Å²) in [4.78, 5) is 51.9. The highest BCUT2D eigenvalue weighted by Gasteiger charge is 2.39. The highest BCUT2D eigenvalue weighted by molar-refractivity contribution is 8.13. The molecular weight excluding hydrogens is 424 g/mol. The lowest BCUT2D eigenvalue weighted by Gasteiger charge is -2.31. The van der Waals surface area contributed by atoms with E-state index >= 15 is 0 Å². The van der Waals surface area contributed by atoms with Crippen molar-refractivity contribution >= 4 is 46.4 Å². The number of hydrogen-bond donors (Lipinski definition) is 3. The number of thioether (sulfide) groups is 2. The molecule has 0 spiro atoms. The van der Waals surface area contributed by atoms with Gasteiger partial charge in [-0.1, -0.05) is 32.5 Å². The van der Waals surface area contributed by atoms with E-state index in [0.29, 0.717) is 31.6 Å². The van der Waals surface area contributed by atoms with E-state index in [2.05, 4.69) is 10.6 Å². The van der Waals surface area contributed by atoms with Gasteiger partial charge in [-0.3, -0.25) is 19.2 Å². The maximum Gasteiger partial charge on any atom is 0.246 e. The number of carbonyl (C=O) groups excluding carboxylic acids is 4. The summed E-state index contributed by atoms with van der Waals surface area (Å²) in [5.74, 6) is 0.282. The number of likely N-dealkylation sites (tertiary alicyclic amines) is 1. The zero-order valence-corrected chi connectivity index (χ0v) is 20.2. The van der Waals surface area contributed by atoms with Crippen molar-refractivity contribution in [3.05, 3.63) is 0 Å². The largest absolute Gasteiger partial charge is 0.344 e. The Labute approximate surface area is 188 Å². The first kappa shape index (κ1) is 26.8. The molecule has 1 heterocycles. The molecule has 0 bridgehead atoms. The monoisotopic (exact) mass is 460 g/mol. The van der Waals surface area contributed by atoms with E-state index in [0.717, 1.165) is 17.5 Å². The van der Waals surface area contributed by atoms with Crippen LogP contribution < -0.4 is 16.4 Å². The lowest BCUT2D eigenvalue weighted by molar-refractivity contribution is -0.142. The van der Waals surface area contributed by atoms with Gasteiger partial charge in [0.2, 0.25) is 22.8 Å². The van der Waals surface area contributed by atoms with Crippen LogP contribution in [-0.2, 0) is 19.2 Å². The molecule has 172 valence electrons. The Balaban J connectivity index is 2.82. The lowest BCUT2D eigenvalue weighted by atomic mass is 10.0. The second-order valence-corrected chi connectivity index (χ2v) is 10.0. The van der Waals surface area contributed by atoms with Gasteiger partial charge < -0.3 is 21.3 Å². The molecule has 0 aromatic rings. The van der Waals surface area contributed by atoms with Crippen molar-refractivity contribution in [2.45, 2.75) is 71.1 Å². The van der Waals surface area contributed by atoms with Crippen LogP contribution in [0.2, 0.25) is 0 Å². The number of amides is 3. The standard InChI is InChI=1S/C20H36N4O4S2/c1-6-30-20(28)13(4)22-18(26)15-8-7-10-24(15)19(27)16(12(2)3)23-17(25)14(21)9-11-29-5/h12-16H,6-11,21H2,1-5H3,(H,22,26)(H,23,25)/t13?,14-,15-,16-/m0/s1. The van der Waals surface area contributed by atoms with E-state index in [4.69, 9.17) is 5.73 Å². The number of carbonyl (C=O) groups is 4. The fourth-order valence-electron chi connectivity index (χ4n) is 3.27. The van der Waals surface area contributed by atoms with Gasteiger partial charge in [-0.15, -0.1) is 0 Å². The van der Waals surface area contributed by atoms with Crippen LogP contribution in [0.4, 0.5) is 0 Å². The number of nitrogens with one attached hydrogen (secondary N) is 2. The molecule has 10 heteroatoms. The van der Waals surface area contributed by atoms with Crippen molar-refractivity contribution in [3.63, 3.8) is 0 Å². The third kappa shape index (κ3) is 7.77. The second-order valence-electron chi connectivity index (χ2n) is 7.79. The lowest BCUT2D eigenvalue weighted by Crippen LogP contribution is -2.58. The summed E-state index contributed by atoms with van der Waals surface area (Å²) in [5, 5.41) is 5.41. The Bertz CT molecular complexity index is 618. The molecule has 0 aromatic carbocycles. The third-order valence-corrected chi connectivity index (χ3v) is 6.61. The van der Waals surface area contributed by atoms with Crippen molar-refractivity contribution in [1.29, 1.82) is 0 Å². The SMILES string of the molecule is CCSC(=O)C(C)NC(=O)[C@@H]1CCCN1C(=O)[C@@H](NC(=O)[C@@H](N)CCSC)C(C)C. The van der Waals surface area contributed by atoms with E-state index in [1.54, 1.807) is 18.7 Å².